The van der Waals surface area contributed by atoms with Crippen LogP contribution in [0.1, 0.15) is 65.9 Å². The van der Waals surface area contributed by atoms with Crippen molar-refractivity contribution in [1.29, 1.82) is 0 Å². The van der Waals surface area contributed by atoms with Crippen LogP contribution in [0.5, 0.6) is 5.75 Å². The van der Waals surface area contributed by atoms with Gasteiger partial charge in [0.1, 0.15) is 17.9 Å². The zero-order valence-corrected chi connectivity index (χ0v) is 20.9. The van der Waals surface area contributed by atoms with Gasteiger partial charge in [0.15, 0.2) is 0 Å². The molecule has 3 aliphatic heterocycles. The second-order valence-corrected chi connectivity index (χ2v) is 10.8. The van der Waals surface area contributed by atoms with Crippen molar-refractivity contribution in [3.05, 3.63) is 64.2 Å². The first-order valence-corrected chi connectivity index (χ1v) is 13.3. The van der Waals surface area contributed by atoms with Crippen LogP contribution in [0, 0.1) is 0 Å². The van der Waals surface area contributed by atoms with Gasteiger partial charge in [-0.05, 0) is 43.4 Å². The number of amides is 3. The first kappa shape index (κ1) is 23.5. The van der Waals surface area contributed by atoms with Gasteiger partial charge in [-0.1, -0.05) is 48.4 Å². The zero-order chi connectivity index (χ0) is 24.8. The van der Waals surface area contributed by atoms with E-state index in [0.717, 1.165) is 32.4 Å². The van der Waals surface area contributed by atoms with Crippen LogP contribution in [0.4, 0.5) is 0 Å². The van der Waals surface area contributed by atoms with Gasteiger partial charge in [-0.15, -0.1) is 0 Å². The fourth-order valence-corrected chi connectivity index (χ4v) is 6.46. The monoisotopic (exact) mass is 507 g/mol. The highest BCUT2D eigenvalue weighted by atomic mass is 35.5. The Kier molecular flexibility index (Phi) is 6.21. The number of ether oxygens (including phenoxy) is 1. The van der Waals surface area contributed by atoms with Crippen molar-refractivity contribution in [1.82, 2.24) is 15.1 Å². The second-order valence-electron chi connectivity index (χ2n) is 10.4. The molecule has 0 bridgehead atoms. The van der Waals surface area contributed by atoms with Gasteiger partial charge in [0, 0.05) is 49.1 Å². The Morgan fingerprint density at radius 3 is 2.50 bits per heavy atom. The molecular formula is C28H30ClN3O4. The molecule has 7 nitrogen and oxygen atoms in total. The van der Waals surface area contributed by atoms with Crippen molar-refractivity contribution in [2.45, 2.75) is 69.2 Å². The third-order valence-corrected chi connectivity index (χ3v) is 8.62. The number of piperidine rings is 1. The molecule has 0 unspecified atom stereocenters. The van der Waals surface area contributed by atoms with E-state index in [0.29, 0.717) is 40.3 Å². The molecule has 2 aromatic carbocycles. The molecule has 0 aromatic heterocycles. The van der Waals surface area contributed by atoms with Crippen molar-refractivity contribution in [2.24, 2.45) is 0 Å². The molecule has 188 valence electrons. The fraction of sp³-hybridized carbons (Fsp3) is 0.464. The Morgan fingerprint density at radius 1 is 0.944 bits per heavy atom. The normalized spacial score (nSPS) is 27.0. The van der Waals surface area contributed by atoms with Crippen LogP contribution in [-0.2, 0) is 16.1 Å². The molecule has 0 radical (unpaired) electrons. The molecule has 3 atom stereocenters. The lowest BCUT2D eigenvalue weighted by Crippen LogP contribution is -2.57. The Balaban J connectivity index is 1.16. The van der Waals surface area contributed by atoms with Crippen molar-refractivity contribution in [3.63, 3.8) is 0 Å². The van der Waals surface area contributed by atoms with E-state index in [4.69, 9.17) is 16.3 Å². The van der Waals surface area contributed by atoms with E-state index >= 15 is 0 Å². The number of rotatable bonds is 5. The molecule has 3 fully saturated rings. The van der Waals surface area contributed by atoms with E-state index in [-0.39, 0.29) is 30.9 Å². The summed E-state index contributed by atoms with van der Waals surface area (Å²) >= 11 is 6.81. The molecule has 36 heavy (non-hydrogen) atoms. The highest BCUT2D eigenvalue weighted by molar-refractivity contribution is 6.33. The van der Waals surface area contributed by atoms with Gasteiger partial charge >= 0.3 is 0 Å². The zero-order valence-electron chi connectivity index (χ0n) is 20.1. The minimum Gasteiger partial charge on any atom is -0.487 e. The first-order chi connectivity index (χ1) is 17.5. The summed E-state index contributed by atoms with van der Waals surface area (Å²) in [5.74, 6) is 0.227. The van der Waals surface area contributed by atoms with Crippen LogP contribution in [-0.4, -0.2) is 58.8 Å². The quantitative estimate of drug-likeness (QED) is 0.621. The van der Waals surface area contributed by atoms with Crippen LogP contribution in [0.3, 0.4) is 0 Å². The van der Waals surface area contributed by atoms with E-state index in [9.17, 15) is 14.4 Å². The maximum Gasteiger partial charge on any atom is 0.255 e. The van der Waals surface area contributed by atoms with Crippen LogP contribution >= 0.6 is 11.6 Å². The SMILES string of the molecule is O=C1CC[C@H](N2Cc3c(ccc(O[C@H]4CCCC[C@H]4N4CC(c5ccccc5)C4)c3Cl)C2=O)C(=O)N1. The first-order valence-electron chi connectivity index (χ1n) is 12.9. The van der Waals surface area contributed by atoms with E-state index in [1.807, 2.05) is 0 Å². The molecule has 2 saturated heterocycles. The topological polar surface area (TPSA) is 79.0 Å². The minimum absolute atomic E-state index is 0.0503. The van der Waals surface area contributed by atoms with Gasteiger partial charge in [-0.25, -0.2) is 0 Å². The summed E-state index contributed by atoms with van der Waals surface area (Å²) in [6.07, 6.45) is 5.02. The van der Waals surface area contributed by atoms with Gasteiger partial charge in [0.2, 0.25) is 11.8 Å². The Bertz CT molecular complexity index is 1200. The van der Waals surface area contributed by atoms with Gasteiger partial charge < -0.3 is 9.64 Å². The molecule has 2 aromatic rings. The van der Waals surface area contributed by atoms with Gasteiger partial charge in [-0.2, -0.15) is 0 Å². The number of fused-ring (bicyclic) bond motifs is 1. The molecule has 1 N–H and O–H groups in total. The number of benzene rings is 2. The molecule has 1 aliphatic carbocycles. The van der Waals surface area contributed by atoms with Crippen LogP contribution < -0.4 is 10.1 Å². The Hall–Kier alpha value is -2.90. The standard InChI is InChI=1S/C28H30ClN3O4/c29-26-20-16-32(22-11-13-25(33)30-27(22)34)28(35)19(20)10-12-24(26)36-23-9-5-4-8-21(23)31-14-18(15-31)17-6-2-1-3-7-17/h1-3,6-7,10,12,18,21-23H,4-5,8-9,11,13-16H2,(H,30,33,34)/t21-,22+,23+/m1/s1. The molecule has 3 heterocycles. The molecule has 4 aliphatic rings. The number of hydrogen-bond donors (Lipinski definition) is 1. The van der Waals surface area contributed by atoms with Gasteiger partial charge in [0.05, 0.1) is 5.02 Å². The average molecular weight is 508 g/mol. The number of carbonyl (C=O) groups is 3. The second kappa shape index (κ2) is 9.52. The van der Waals surface area contributed by atoms with Gasteiger partial charge in [-0.3, -0.25) is 24.6 Å². The summed E-state index contributed by atoms with van der Waals surface area (Å²) in [7, 11) is 0. The van der Waals surface area contributed by atoms with Crippen molar-refractivity contribution in [3.8, 4) is 5.75 Å². The molecule has 6 rings (SSSR count). The smallest absolute Gasteiger partial charge is 0.255 e. The third-order valence-electron chi connectivity index (χ3n) is 8.21. The number of imide groups is 1. The molecule has 8 heteroatoms. The van der Waals surface area contributed by atoms with E-state index in [2.05, 4.69) is 40.5 Å². The molecular weight excluding hydrogens is 478 g/mol. The summed E-state index contributed by atoms with van der Waals surface area (Å²) in [6, 6.07) is 13.9. The summed E-state index contributed by atoms with van der Waals surface area (Å²) in [6.45, 7) is 2.33. The predicted molar refractivity (Wildman–Crippen MR) is 135 cm³/mol. The Labute approximate surface area is 215 Å². The molecule has 0 spiro atoms. The molecule has 1 saturated carbocycles. The average Bonchev–Trinajstić information content (AvgIpc) is 3.18. The number of nitrogens with zero attached hydrogens (tertiary/aromatic N) is 2. The highest BCUT2D eigenvalue weighted by Crippen LogP contribution is 2.40. The van der Waals surface area contributed by atoms with Crippen molar-refractivity contribution >= 4 is 29.3 Å². The number of nitrogens with one attached hydrogen (secondary N) is 1. The fourth-order valence-electron chi connectivity index (χ4n) is 6.19. The lowest BCUT2D eigenvalue weighted by atomic mass is 9.84. The Morgan fingerprint density at radius 2 is 1.72 bits per heavy atom. The summed E-state index contributed by atoms with van der Waals surface area (Å²) in [4.78, 5) is 41.0. The molecule has 3 amide bonds. The van der Waals surface area contributed by atoms with Crippen LogP contribution in [0.25, 0.3) is 0 Å². The van der Waals surface area contributed by atoms with E-state index < -0.39 is 11.9 Å². The summed E-state index contributed by atoms with van der Waals surface area (Å²) in [5.41, 5.74) is 2.60. The lowest BCUT2D eigenvalue weighted by molar-refractivity contribution is -0.136. The van der Waals surface area contributed by atoms with Crippen molar-refractivity contribution < 1.29 is 19.1 Å². The van der Waals surface area contributed by atoms with Crippen LogP contribution in [0.2, 0.25) is 5.02 Å². The number of halogens is 1. The number of hydrogen-bond acceptors (Lipinski definition) is 5. The predicted octanol–water partition coefficient (Wildman–Crippen LogP) is 3.89. The summed E-state index contributed by atoms with van der Waals surface area (Å²) in [5, 5.41) is 2.79. The van der Waals surface area contributed by atoms with Gasteiger partial charge in [0.25, 0.3) is 5.91 Å². The van der Waals surface area contributed by atoms with E-state index in [1.165, 1.54) is 16.9 Å². The highest BCUT2D eigenvalue weighted by Gasteiger charge is 2.42. The summed E-state index contributed by atoms with van der Waals surface area (Å²) < 4.78 is 6.55. The minimum atomic E-state index is -0.658. The number of carbonyl (C=O) groups excluding carboxylic acids is 3. The maximum atomic E-state index is 13.1. The largest absolute Gasteiger partial charge is 0.487 e. The number of likely N-dealkylation sites (tertiary alicyclic amines) is 1. The lowest BCUT2D eigenvalue weighted by Gasteiger charge is -2.48. The van der Waals surface area contributed by atoms with Crippen molar-refractivity contribution in [2.75, 3.05) is 13.1 Å². The van der Waals surface area contributed by atoms with E-state index in [1.54, 1.807) is 12.1 Å². The maximum absolute atomic E-state index is 13.1. The van der Waals surface area contributed by atoms with Crippen LogP contribution in [0.15, 0.2) is 42.5 Å². The third kappa shape index (κ3) is 4.18.